The van der Waals surface area contributed by atoms with E-state index in [1.165, 1.54) is 36.4 Å². The molecule has 2 saturated heterocycles. The van der Waals surface area contributed by atoms with Crippen LogP contribution >= 0.6 is 11.3 Å². The van der Waals surface area contributed by atoms with Gasteiger partial charge in [-0.05, 0) is 55.8 Å². The zero-order chi connectivity index (χ0) is 17.1. The molecule has 1 aromatic carbocycles. The summed E-state index contributed by atoms with van der Waals surface area (Å²) in [5, 5.41) is 2.05. The molecule has 3 heterocycles. The van der Waals surface area contributed by atoms with Crippen molar-refractivity contribution in [3.8, 4) is 0 Å². The highest BCUT2D eigenvalue weighted by atomic mass is 32.1. The smallest absolute Gasteiger partial charge is 0.227 e. The van der Waals surface area contributed by atoms with Crippen LogP contribution in [-0.2, 0) is 16.8 Å². The number of likely N-dealkylation sites (tertiary alicyclic amines) is 2. The Morgan fingerprint density at radius 2 is 1.68 bits per heavy atom. The molecule has 0 atom stereocenters. The highest BCUT2D eigenvalue weighted by Crippen LogP contribution is 2.40. The summed E-state index contributed by atoms with van der Waals surface area (Å²) >= 11 is 1.68. The lowest BCUT2D eigenvalue weighted by Crippen LogP contribution is -2.53. The minimum Gasteiger partial charge on any atom is -0.342 e. The van der Waals surface area contributed by atoms with Gasteiger partial charge in [-0.25, -0.2) is 0 Å². The van der Waals surface area contributed by atoms with Crippen molar-refractivity contribution in [3.05, 3.63) is 58.3 Å². The topological polar surface area (TPSA) is 23.6 Å². The van der Waals surface area contributed by atoms with Crippen molar-refractivity contribution in [1.82, 2.24) is 9.80 Å². The number of hydrogen-bond acceptors (Lipinski definition) is 3. The quantitative estimate of drug-likeness (QED) is 0.831. The fourth-order valence-corrected chi connectivity index (χ4v) is 5.18. The molecule has 0 N–H and O–H groups in total. The van der Waals surface area contributed by atoms with E-state index in [1.807, 2.05) is 11.4 Å². The number of nitrogens with zero attached hydrogens (tertiary/aromatic N) is 2. The van der Waals surface area contributed by atoms with Crippen LogP contribution in [0, 0.1) is 0 Å². The molecular formula is C21H26N2OS. The number of carbonyl (C=O) groups is 1. The van der Waals surface area contributed by atoms with Crippen molar-refractivity contribution >= 4 is 17.2 Å². The highest BCUT2D eigenvalue weighted by Gasteiger charge is 2.42. The second-order valence-electron chi connectivity index (χ2n) is 7.23. The number of benzene rings is 1. The van der Waals surface area contributed by atoms with Crippen LogP contribution in [0.15, 0.2) is 47.8 Å². The SMILES string of the molecule is O=C(Cc1cccs1)N1CCC(c2ccccc2)(N2CCCC2)CC1. The Hall–Kier alpha value is -1.65. The predicted octanol–water partition coefficient (Wildman–Crippen LogP) is 3.90. The summed E-state index contributed by atoms with van der Waals surface area (Å²) in [5.41, 5.74) is 1.56. The van der Waals surface area contributed by atoms with E-state index in [2.05, 4.69) is 46.2 Å². The predicted molar refractivity (Wildman–Crippen MR) is 103 cm³/mol. The van der Waals surface area contributed by atoms with Gasteiger partial charge in [0, 0.05) is 23.5 Å². The number of hydrogen-bond donors (Lipinski definition) is 0. The van der Waals surface area contributed by atoms with Crippen LogP contribution < -0.4 is 0 Å². The molecular weight excluding hydrogens is 328 g/mol. The second-order valence-corrected chi connectivity index (χ2v) is 8.26. The lowest BCUT2D eigenvalue weighted by Gasteiger charge is -2.48. The van der Waals surface area contributed by atoms with Crippen molar-refractivity contribution in [2.45, 2.75) is 37.6 Å². The van der Waals surface area contributed by atoms with Gasteiger partial charge in [0.15, 0.2) is 0 Å². The molecule has 2 aliphatic rings. The van der Waals surface area contributed by atoms with Crippen LogP contribution in [0.25, 0.3) is 0 Å². The van der Waals surface area contributed by atoms with Crippen LogP contribution in [-0.4, -0.2) is 41.9 Å². The lowest BCUT2D eigenvalue weighted by atomic mass is 9.79. The van der Waals surface area contributed by atoms with Crippen molar-refractivity contribution in [2.24, 2.45) is 0 Å². The van der Waals surface area contributed by atoms with Gasteiger partial charge in [0.2, 0.25) is 5.91 Å². The Bertz CT molecular complexity index is 684. The second kappa shape index (κ2) is 7.30. The summed E-state index contributed by atoms with van der Waals surface area (Å²) in [4.78, 5) is 18.6. The first kappa shape index (κ1) is 16.8. The van der Waals surface area contributed by atoms with Gasteiger partial charge in [-0.1, -0.05) is 36.4 Å². The van der Waals surface area contributed by atoms with Gasteiger partial charge in [-0.3, -0.25) is 9.69 Å². The normalized spacial score (nSPS) is 20.7. The Morgan fingerprint density at radius 1 is 0.960 bits per heavy atom. The largest absolute Gasteiger partial charge is 0.342 e. The average Bonchev–Trinajstić information content (AvgIpc) is 3.37. The lowest BCUT2D eigenvalue weighted by molar-refractivity contribution is -0.133. The molecule has 2 aliphatic heterocycles. The molecule has 4 heteroatoms. The van der Waals surface area contributed by atoms with E-state index in [0.29, 0.717) is 6.42 Å². The van der Waals surface area contributed by atoms with E-state index < -0.39 is 0 Å². The van der Waals surface area contributed by atoms with Crippen molar-refractivity contribution in [2.75, 3.05) is 26.2 Å². The Labute approximate surface area is 154 Å². The van der Waals surface area contributed by atoms with Crippen molar-refractivity contribution in [1.29, 1.82) is 0 Å². The number of carbonyl (C=O) groups excluding carboxylic acids is 1. The molecule has 0 unspecified atom stereocenters. The van der Waals surface area contributed by atoms with Gasteiger partial charge in [-0.2, -0.15) is 0 Å². The first-order valence-corrected chi connectivity index (χ1v) is 10.3. The third-order valence-corrected chi connectivity index (χ3v) is 6.75. The van der Waals surface area contributed by atoms with E-state index in [1.54, 1.807) is 11.3 Å². The molecule has 0 spiro atoms. The summed E-state index contributed by atoms with van der Waals surface area (Å²) in [5.74, 6) is 0.283. The fourth-order valence-electron chi connectivity index (χ4n) is 4.48. The van der Waals surface area contributed by atoms with Gasteiger partial charge in [-0.15, -0.1) is 11.3 Å². The standard InChI is InChI=1S/C21H26N2OS/c24-20(17-19-9-6-16-25-19)22-14-10-21(11-15-22,23-12-4-5-13-23)18-7-2-1-3-8-18/h1-3,6-9,16H,4-5,10-15,17H2. The maximum Gasteiger partial charge on any atom is 0.227 e. The van der Waals surface area contributed by atoms with Crippen LogP contribution in [0.5, 0.6) is 0 Å². The number of thiophene rings is 1. The number of rotatable bonds is 4. The molecule has 132 valence electrons. The first-order chi connectivity index (χ1) is 12.3. The van der Waals surface area contributed by atoms with Gasteiger partial charge < -0.3 is 4.90 Å². The van der Waals surface area contributed by atoms with Crippen molar-refractivity contribution in [3.63, 3.8) is 0 Å². The number of amides is 1. The highest BCUT2D eigenvalue weighted by molar-refractivity contribution is 7.10. The van der Waals surface area contributed by atoms with Gasteiger partial charge in [0.25, 0.3) is 0 Å². The summed E-state index contributed by atoms with van der Waals surface area (Å²) in [7, 11) is 0. The monoisotopic (exact) mass is 354 g/mol. The minimum absolute atomic E-state index is 0.122. The molecule has 4 rings (SSSR count). The molecule has 0 aliphatic carbocycles. The summed E-state index contributed by atoms with van der Waals surface area (Å²) in [6, 6.07) is 15.1. The zero-order valence-electron chi connectivity index (χ0n) is 14.7. The molecule has 1 amide bonds. The molecule has 25 heavy (non-hydrogen) atoms. The van der Waals surface area contributed by atoms with E-state index in [9.17, 15) is 4.79 Å². The fraction of sp³-hybridized carbons (Fsp3) is 0.476. The van der Waals surface area contributed by atoms with Crippen molar-refractivity contribution < 1.29 is 4.79 Å². The van der Waals surface area contributed by atoms with Crippen LogP contribution in [0.3, 0.4) is 0 Å². The Morgan fingerprint density at radius 3 is 2.32 bits per heavy atom. The van der Waals surface area contributed by atoms with E-state index >= 15 is 0 Å². The van der Waals surface area contributed by atoms with E-state index in [4.69, 9.17) is 0 Å². The van der Waals surface area contributed by atoms with E-state index in [0.717, 1.165) is 25.9 Å². The minimum atomic E-state index is 0.122. The first-order valence-electron chi connectivity index (χ1n) is 9.39. The molecule has 0 radical (unpaired) electrons. The molecule has 3 nitrogen and oxygen atoms in total. The van der Waals surface area contributed by atoms with Gasteiger partial charge in [0.1, 0.15) is 0 Å². The summed E-state index contributed by atoms with van der Waals surface area (Å²) < 4.78 is 0. The molecule has 2 aromatic rings. The number of piperidine rings is 1. The van der Waals surface area contributed by atoms with Crippen LogP contribution in [0.4, 0.5) is 0 Å². The third-order valence-electron chi connectivity index (χ3n) is 5.87. The summed E-state index contributed by atoms with van der Waals surface area (Å²) in [6.45, 7) is 4.13. The van der Waals surface area contributed by atoms with Gasteiger partial charge >= 0.3 is 0 Å². The third kappa shape index (κ3) is 3.38. The summed E-state index contributed by atoms with van der Waals surface area (Å²) in [6.07, 6.45) is 5.26. The maximum atomic E-state index is 12.7. The Kier molecular flexibility index (Phi) is 4.91. The van der Waals surface area contributed by atoms with E-state index in [-0.39, 0.29) is 11.4 Å². The molecule has 2 fully saturated rings. The molecule has 0 saturated carbocycles. The van der Waals surface area contributed by atoms with Gasteiger partial charge in [0.05, 0.1) is 6.42 Å². The zero-order valence-corrected chi connectivity index (χ0v) is 15.5. The van der Waals surface area contributed by atoms with Crippen LogP contribution in [0.2, 0.25) is 0 Å². The maximum absolute atomic E-state index is 12.7. The molecule has 1 aromatic heterocycles. The van der Waals surface area contributed by atoms with Crippen LogP contribution in [0.1, 0.15) is 36.1 Å². The Balaban J connectivity index is 1.49. The average molecular weight is 355 g/mol. The molecule has 0 bridgehead atoms.